The number of para-hydroxylation sites is 2. The van der Waals surface area contributed by atoms with Crippen molar-refractivity contribution in [2.45, 2.75) is 0 Å². The van der Waals surface area contributed by atoms with Crippen LogP contribution in [0.5, 0.6) is 0 Å². The Balaban J connectivity index is 1.57. The number of aromatic nitrogens is 5. The van der Waals surface area contributed by atoms with Crippen LogP contribution < -0.4 is 0 Å². The van der Waals surface area contributed by atoms with E-state index in [9.17, 15) is 0 Å². The lowest BCUT2D eigenvalue weighted by Gasteiger charge is -2.15. The van der Waals surface area contributed by atoms with Gasteiger partial charge in [0.25, 0.3) is 0 Å². The lowest BCUT2D eigenvalue weighted by Crippen LogP contribution is -2.08. The van der Waals surface area contributed by atoms with Crippen molar-refractivity contribution in [1.29, 1.82) is 0 Å². The van der Waals surface area contributed by atoms with Crippen molar-refractivity contribution >= 4 is 21.8 Å². The van der Waals surface area contributed by atoms with E-state index in [1.807, 2.05) is 84.9 Å². The van der Waals surface area contributed by atoms with E-state index < -0.39 is 0 Å². The van der Waals surface area contributed by atoms with Crippen molar-refractivity contribution in [2.75, 3.05) is 0 Å². The Morgan fingerprint density at radius 3 is 1.74 bits per heavy atom. The van der Waals surface area contributed by atoms with E-state index >= 15 is 0 Å². The van der Waals surface area contributed by atoms with Crippen molar-refractivity contribution < 1.29 is 0 Å². The fourth-order valence-electron chi connectivity index (χ4n) is 4.60. The number of rotatable bonds is 3. The number of fused-ring (bicyclic) bond motifs is 5. The topological polar surface area (TPSA) is 56.5 Å². The van der Waals surface area contributed by atoms with Gasteiger partial charge in [0, 0.05) is 33.7 Å². The molecule has 5 heteroatoms. The van der Waals surface area contributed by atoms with Gasteiger partial charge >= 0.3 is 0 Å². The van der Waals surface area contributed by atoms with Gasteiger partial charge in [-0.15, -0.1) is 0 Å². The van der Waals surface area contributed by atoms with Crippen LogP contribution in [0.25, 0.3) is 61.8 Å². The van der Waals surface area contributed by atoms with Gasteiger partial charge in [-0.3, -0.25) is 4.57 Å². The lowest BCUT2D eigenvalue weighted by atomic mass is 10.1. The van der Waals surface area contributed by atoms with Gasteiger partial charge in [0.1, 0.15) is 0 Å². The summed E-state index contributed by atoms with van der Waals surface area (Å²) in [6.07, 6.45) is 2.10. The highest BCUT2D eigenvalue weighted by molar-refractivity contribution is 6.06. The van der Waals surface area contributed by atoms with Crippen LogP contribution in [0.15, 0.2) is 115 Å². The zero-order valence-electron chi connectivity index (χ0n) is 18.7. The molecule has 2 aliphatic rings. The van der Waals surface area contributed by atoms with Crippen molar-refractivity contribution in [3.8, 4) is 40.0 Å². The molecule has 1 aromatic heterocycles. The molecule has 0 N–H and O–H groups in total. The van der Waals surface area contributed by atoms with Gasteiger partial charge in [0.15, 0.2) is 11.6 Å². The molecule has 3 heterocycles. The third-order valence-electron chi connectivity index (χ3n) is 6.26. The molecule has 0 atom stereocenters. The average Bonchev–Trinajstić information content (AvgIpc) is 3.32. The maximum Gasteiger partial charge on any atom is 0.238 e. The van der Waals surface area contributed by atoms with Crippen LogP contribution in [-0.2, 0) is 0 Å². The van der Waals surface area contributed by atoms with Crippen LogP contribution >= 0.6 is 0 Å². The molecule has 0 amide bonds. The summed E-state index contributed by atoms with van der Waals surface area (Å²) in [5.74, 6) is 1.84. The first kappa shape index (κ1) is 19.6. The molecule has 4 aromatic carbocycles. The Morgan fingerprint density at radius 2 is 1.06 bits per heavy atom. The Kier molecular flexibility index (Phi) is 4.39. The first-order valence-corrected chi connectivity index (χ1v) is 11.5. The fourth-order valence-corrected chi connectivity index (χ4v) is 4.60. The molecule has 2 aliphatic heterocycles. The Hall–Kier alpha value is -4.90. The van der Waals surface area contributed by atoms with Gasteiger partial charge < -0.3 is 0 Å². The van der Waals surface area contributed by atoms with E-state index in [4.69, 9.17) is 19.9 Å². The largest absolute Gasteiger partial charge is 0.284 e. The van der Waals surface area contributed by atoms with Crippen LogP contribution in [0.3, 0.4) is 0 Å². The number of benzene rings is 4. The molecule has 0 spiro atoms. The Labute approximate surface area is 201 Å². The number of hydrogen-bond donors (Lipinski definition) is 0. The zero-order chi connectivity index (χ0) is 23.2. The molecule has 7 rings (SSSR count). The van der Waals surface area contributed by atoms with Crippen molar-refractivity contribution in [3.05, 3.63) is 115 Å². The van der Waals surface area contributed by atoms with Gasteiger partial charge in [0.05, 0.1) is 16.7 Å². The maximum absolute atomic E-state index is 4.94. The van der Waals surface area contributed by atoms with E-state index in [0.717, 1.165) is 44.2 Å². The van der Waals surface area contributed by atoms with Gasteiger partial charge in [-0.05, 0) is 12.1 Å². The van der Waals surface area contributed by atoms with E-state index in [2.05, 4.69) is 35.0 Å². The smallest absolute Gasteiger partial charge is 0.238 e. The summed E-state index contributed by atoms with van der Waals surface area (Å²) in [7, 11) is 0. The fraction of sp³-hybridized carbons (Fsp3) is 0. The molecule has 5 nitrogen and oxygen atoms in total. The summed E-state index contributed by atoms with van der Waals surface area (Å²) in [6, 6.07) is 36.6. The molecular formula is C30H19N5. The van der Waals surface area contributed by atoms with Crippen LogP contribution in [0.1, 0.15) is 0 Å². The van der Waals surface area contributed by atoms with Crippen molar-refractivity contribution in [1.82, 2.24) is 24.5 Å². The summed E-state index contributed by atoms with van der Waals surface area (Å²) >= 11 is 0. The summed E-state index contributed by atoms with van der Waals surface area (Å²) in [5.41, 5.74) is 5.92. The highest BCUT2D eigenvalue weighted by atomic mass is 15.2. The quantitative estimate of drug-likeness (QED) is 0.298. The summed E-state index contributed by atoms with van der Waals surface area (Å²) in [5, 5.41) is 2.17. The van der Waals surface area contributed by atoms with Crippen LogP contribution in [0, 0.1) is 0 Å². The van der Waals surface area contributed by atoms with Gasteiger partial charge in [-0.2, -0.15) is 9.97 Å². The minimum atomic E-state index is 0.570. The second kappa shape index (κ2) is 7.85. The number of nitrogens with zero attached hydrogens (tertiary/aromatic N) is 5. The predicted molar refractivity (Wildman–Crippen MR) is 139 cm³/mol. The first-order chi connectivity index (χ1) is 17.3. The molecule has 164 valence electrons. The zero-order valence-corrected chi connectivity index (χ0v) is 18.7. The van der Waals surface area contributed by atoms with E-state index in [-0.39, 0.29) is 0 Å². The third-order valence-corrected chi connectivity index (χ3v) is 6.26. The highest BCUT2D eigenvalue weighted by Crippen LogP contribution is 2.37. The monoisotopic (exact) mass is 449 g/mol. The SMILES string of the molecule is c1ccc(-c2nc(-c3ccccc3)nc(-n3cc4c5ccccc5nc-4c4ccccc43)n2)cc1. The second-order valence-corrected chi connectivity index (χ2v) is 8.42. The van der Waals surface area contributed by atoms with Gasteiger partial charge in [0.2, 0.25) is 5.95 Å². The van der Waals surface area contributed by atoms with Gasteiger partial charge in [-0.25, -0.2) is 9.97 Å². The molecule has 0 unspecified atom stereocenters. The van der Waals surface area contributed by atoms with Crippen molar-refractivity contribution in [3.63, 3.8) is 0 Å². The molecular weight excluding hydrogens is 430 g/mol. The van der Waals surface area contributed by atoms with E-state index in [0.29, 0.717) is 17.6 Å². The van der Waals surface area contributed by atoms with Crippen molar-refractivity contribution in [2.24, 2.45) is 0 Å². The molecule has 5 aromatic rings. The maximum atomic E-state index is 4.94. The van der Waals surface area contributed by atoms with Crippen LogP contribution in [-0.4, -0.2) is 24.5 Å². The molecule has 0 bridgehead atoms. The first-order valence-electron chi connectivity index (χ1n) is 11.5. The number of hydrogen-bond acceptors (Lipinski definition) is 4. The molecule has 0 radical (unpaired) electrons. The van der Waals surface area contributed by atoms with Crippen LogP contribution in [0.4, 0.5) is 0 Å². The molecule has 35 heavy (non-hydrogen) atoms. The Bertz CT molecular complexity index is 1730. The summed E-state index contributed by atoms with van der Waals surface area (Å²) < 4.78 is 2.06. The molecule has 0 fully saturated rings. The normalized spacial score (nSPS) is 11.4. The minimum absolute atomic E-state index is 0.570. The lowest BCUT2D eigenvalue weighted by molar-refractivity contribution is 0.927. The van der Waals surface area contributed by atoms with E-state index in [1.165, 1.54) is 0 Å². The average molecular weight is 450 g/mol. The standard InChI is InChI=1S/C30H19N5/c1-3-11-20(12-4-1)28-32-29(21-13-5-2-6-14-21)34-30(33-28)35-19-24-22-15-7-9-17-25(22)31-27(24)23-16-8-10-18-26(23)35/h1-19H. The minimum Gasteiger partial charge on any atom is -0.284 e. The third kappa shape index (κ3) is 3.25. The molecule has 0 saturated heterocycles. The summed E-state index contributed by atoms with van der Waals surface area (Å²) in [4.78, 5) is 19.7. The van der Waals surface area contributed by atoms with E-state index in [1.54, 1.807) is 0 Å². The van der Waals surface area contributed by atoms with Gasteiger partial charge in [-0.1, -0.05) is 97.1 Å². The Morgan fingerprint density at radius 1 is 0.486 bits per heavy atom. The molecule has 0 aliphatic carbocycles. The predicted octanol–water partition coefficient (Wildman–Crippen LogP) is 6.80. The number of pyridine rings is 1. The summed E-state index contributed by atoms with van der Waals surface area (Å²) in [6.45, 7) is 0. The second-order valence-electron chi connectivity index (χ2n) is 8.42. The van der Waals surface area contributed by atoms with Crippen LogP contribution in [0.2, 0.25) is 0 Å². The molecule has 0 saturated carbocycles. The highest BCUT2D eigenvalue weighted by Gasteiger charge is 2.20.